The van der Waals surface area contributed by atoms with E-state index in [1.54, 1.807) is 25.1 Å². The van der Waals surface area contributed by atoms with Crippen molar-refractivity contribution < 1.29 is 26.3 Å². The lowest BCUT2D eigenvalue weighted by molar-refractivity contribution is 0.354. The van der Waals surface area contributed by atoms with Gasteiger partial charge in [-0.15, -0.1) is 0 Å². The molecule has 188 valence electrons. The molecule has 2 aromatic carbocycles. The summed E-state index contributed by atoms with van der Waals surface area (Å²) in [6.45, 7) is 5.06. The Morgan fingerprint density at radius 3 is 2.38 bits per heavy atom. The minimum atomic E-state index is -4.05. The molecule has 2 aromatic rings. The summed E-state index contributed by atoms with van der Waals surface area (Å²) in [5.41, 5.74) is 1.12. The van der Waals surface area contributed by atoms with Gasteiger partial charge in [0.1, 0.15) is 0 Å². The summed E-state index contributed by atoms with van der Waals surface area (Å²) in [4.78, 5) is 2.10. The van der Waals surface area contributed by atoms with Gasteiger partial charge < -0.3 is 19.7 Å². The molecular formula is C22H32N4O6S2. The van der Waals surface area contributed by atoms with Crippen LogP contribution >= 0.6 is 0 Å². The maximum Gasteiger partial charge on any atom is 0.262 e. The van der Waals surface area contributed by atoms with Crippen molar-refractivity contribution in [3.63, 3.8) is 0 Å². The van der Waals surface area contributed by atoms with Crippen LogP contribution in [0.4, 0.5) is 17.1 Å². The predicted octanol–water partition coefficient (Wildman–Crippen LogP) is 2.46. The van der Waals surface area contributed by atoms with Crippen molar-refractivity contribution in [2.24, 2.45) is 0 Å². The van der Waals surface area contributed by atoms with Crippen LogP contribution in [0.15, 0.2) is 41.3 Å². The van der Waals surface area contributed by atoms with Crippen molar-refractivity contribution >= 4 is 37.1 Å². The van der Waals surface area contributed by atoms with E-state index < -0.39 is 20.0 Å². The molecule has 3 N–H and O–H groups in total. The highest BCUT2D eigenvalue weighted by Crippen LogP contribution is 2.33. The smallest absolute Gasteiger partial charge is 0.262 e. The van der Waals surface area contributed by atoms with E-state index in [1.165, 1.54) is 32.4 Å². The Morgan fingerprint density at radius 2 is 1.68 bits per heavy atom. The molecule has 1 saturated heterocycles. The van der Waals surface area contributed by atoms with Crippen LogP contribution in [0.3, 0.4) is 0 Å². The number of hydrogen-bond donors (Lipinski definition) is 3. The lowest BCUT2D eigenvalue weighted by Gasteiger charge is -2.24. The number of anilines is 3. The van der Waals surface area contributed by atoms with Crippen molar-refractivity contribution in [1.82, 2.24) is 5.32 Å². The minimum absolute atomic E-state index is 0.0461. The van der Waals surface area contributed by atoms with Crippen LogP contribution in [0.25, 0.3) is 0 Å². The van der Waals surface area contributed by atoms with Crippen LogP contribution in [0.1, 0.15) is 19.8 Å². The molecule has 12 heteroatoms. The van der Waals surface area contributed by atoms with Gasteiger partial charge in [-0.3, -0.25) is 9.44 Å². The van der Waals surface area contributed by atoms with E-state index in [0.717, 1.165) is 38.3 Å². The van der Waals surface area contributed by atoms with Gasteiger partial charge in [-0.05, 0) is 49.7 Å². The first kappa shape index (κ1) is 25.9. The topological polar surface area (TPSA) is 126 Å². The summed E-state index contributed by atoms with van der Waals surface area (Å²) >= 11 is 0. The average molecular weight is 513 g/mol. The van der Waals surface area contributed by atoms with E-state index in [-0.39, 0.29) is 27.8 Å². The number of benzene rings is 2. The molecule has 0 unspecified atom stereocenters. The third kappa shape index (κ3) is 6.45. The van der Waals surface area contributed by atoms with Gasteiger partial charge in [0.25, 0.3) is 10.0 Å². The quantitative estimate of drug-likeness (QED) is 0.443. The van der Waals surface area contributed by atoms with Crippen LogP contribution in [-0.4, -0.2) is 63.0 Å². The van der Waals surface area contributed by atoms with Gasteiger partial charge in [-0.25, -0.2) is 16.8 Å². The summed E-state index contributed by atoms with van der Waals surface area (Å²) < 4.78 is 66.8. The fourth-order valence-corrected chi connectivity index (χ4v) is 5.92. The molecule has 0 bridgehead atoms. The normalized spacial score (nSPS) is 14.9. The van der Waals surface area contributed by atoms with Crippen molar-refractivity contribution in [3.8, 4) is 11.5 Å². The van der Waals surface area contributed by atoms with Gasteiger partial charge in [-0.2, -0.15) is 0 Å². The molecule has 1 aliphatic rings. The molecule has 34 heavy (non-hydrogen) atoms. The highest BCUT2D eigenvalue weighted by Gasteiger charge is 2.22. The van der Waals surface area contributed by atoms with E-state index >= 15 is 0 Å². The number of sulfonamides is 2. The van der Waals surface area contributed by atoms with Crippen LogP contribution < -0.4 is 29.1 Å². The molecule has 1 heterocycles. The lowest BCUT2D eigenvalue weighted by Crippen LogP contribution is -2.28. The number of ether oxygens (including phenoxy) is 2. The highest BCUT2D eigenvalue weighted by atomic mass is 32.2. The summed E-state index contributed by atoms with van der Waals surface area (Å²) in [5, 5.41) is 3.33. The SMILES string of the molecule is CCCS(=O)(=O)Nc1cc(N2CCCNCC2)ccc1NS(=O)(=O)c1ccc(OC)c(OC)c1. The van der Waals surface area contributed by atoms with Crippen LogP contribution in [-0.2, 0) is 20.0 Å². The maximum absolute atomic E-state index is 13.1. The largest absolute Gasteiger partial charge is 0.493 e. The Bertz CT molecular complexity index is 1190. The van der Waals surface area contributed by atoms with Gasteiger partial charge in [0.05, 0.1) is 36.2 Å². The molecule has 10 nitrogen and oxygen atoms in total. The molecule has 3 rings (SSSR count). The first-order valence-corrected chi connectivity index (χ1v) is 14.2. The monoisotopic (exact) mass is 512 g/mol. The molecule has 0 amide bonds. The van der Waals surface area contributed by atoms with Crippen LogP contribution in [0, 0.1) is 0 Å². The van der Waals surface area contributed by atoms with E-state index in [4.69, 9.17) is 9.47 Å². The summed E-state index contributed by atoms with van der Waals surface area (Å²) in [6.07, 6.45) is 1.38. The van der Waals surface area contributed by atoms with Gasteiger partial charge in [0.2, 0.25) is 10.0 Å². The Kier molecular flexibility index (Phi) is 8.50. The minimum Gasteiger partial charge on any atom is -0.493 e. The average Bonchev–Trinajstić information content (AvgIpc) is 3.09. The Balaban J connectivity index is 1.98. The van der Waals surface area contributed by atoms with Crippen LogP contribution in [0.5, 0.6) is 11.5 Å². The molecule has 0 atom stereocenters. The van der Waals surface area contributed by atoms with Crippen LogP contribution in [0.2, 0.25) is 0 Å². The molecule has 0 saturated carbocycles. The fourth-order valence-electron chi connectivity index (χ4n) is 3.68. The van der Waals surface area contributed by atoms with Crippen molar-refractivity contribution in [1.29, 1.82) is 0 Å². The van der Waals surface area contributed by atoms with E-state index in [0.29, 0.717) is 12.2 Å². The summed E-state index contributed by atoms with van der Waals surface area (Å²) in [6, 6.07) is 9.27. The third-order valence-corrected chi connectivity index (χ3v) is 8.20. The second kappa shape index (κ2) is 11.2. The predicted molar refractivity (Wildman–Crippen MR) is 134 cm³/mol. The standard InChI is InChI=1S/C22H32N4O6S2/c1-4-14-33(27,28)24-20-15-17(26-12-5-10-23-11-13-26)6-8-19(20)25-34(29,30)18-7-9-21(31-2)22(16-18)32-3/h6-9,15-16,23-25H,4-5,10-14H2,1-3H3. The zero-order chi connectivity index (χ0) is 24.8. The number of nitrogens with zero attached hydrogens (tertiary/aromatic N) is 1. The van der Waals surface area contributed by atoms with E-state index in [2.05, 4.69) is 19.7 Å². The van der Waals surface area contributed by atoms with Crippen molar-refractivity contribution in [2.75, 3.05) is 60.5 Å². The number of rotatable bonds is 10. The fraction of sp³-hybridized carbons (Fsp3) is 0.455. The number of nitrogens with one attached hydrogen (secondary N) is 3. The molecular weight excluding hydrogens is 480 g/mol. The first-order chi connectivity index (χ1) is 16.2. The van der Waals surface area contributed by atoms with Gasteiger partial charge in [-0.1, -0.05) is 6.92 Å². The molecule has 1 fully saturated rings. The van der Waals surface area contributed by atoms with E-state index in [1.807, 2.05) is 0 Å². The zero-order valence-corrected chi connectivity index (χ0v) is 21.3. The molecule has 1 aliphatic heterocycles. The van der Waals surface area contributed by atoms with Gasteiger partial charge >= 0.3 is 0 Å². The second-order valence-corrected chi connectivity index (χ2v) is 11.4. The Labute approximate surface area is 201 Å². The van der Waals surface area contributed by atoms with Crippen molar-refractivity contribution in [3.05, 3.63) is 36.4 Å². The number of methoxy groups -OCH3 is 2. The Hall–Kier alpha value is -2.70. The van der Waals surface area contributed by atoms with Crippen molar-refractivity contribution in [2.45, 2.75) is 24.7 Å². The number of hydrogen-bond acceptors (Lipinski definition) is 8. The van der Waals surface area contributed by atoms with Gasteiger partial charge in [0, 0.05) is 31.4 Å². The summed E-state index contributed by atoms with van der Waals surface area (Å²) in [5.74, 6) is 0.581. The third-order valence-electron chi connectivity index (χ3n) is 5.36. The Morgan fingerprint density at radius 1 is 0.912 bits per heavy atom. The molecule has 0 aromatic heterocycles. The first-order valence-electron chi connectivity index (χ1n) is 11.0. The summed E-state index contributed by atoms with van der Waals surface area (Å²) in [7, 11) is -4.83. The molecule has 0 spiro atoms. The zero-order valence-electron chi connectivity index (χ0n) is 19.6. The maximum atomic E-state index is 13.1. The van der Waals surface area contributed by atoms with E-state index in [9.17, 15) is 16.8 Å². The lowest BCUT2D eigenvalue weighted by atomic mass is 10.2. The molecule has 0 radical (unpaired) electrons. The van der Waals surface area contributed by atoms with Gasteiger partial charge in [0.15, 0.2) is 11.5 Å². The second-order valence-electron chi connectivity index (χ2n) is 7.86. The highest BCUT2D eigenvalue weighted by molar-refractivity contribution is 7.93. The molecule has 0 aliphatic carbocycles.